The second kappa shape index (κ2) is 12.4. The van der Waals surface area contributed by atoms with Crippen LogP contribution in [0, 0.1) is 11.3 Å². The largest absolute Gasteiger partial charge is 0.496 e. The lowest BCUT2D eigenvalue weighted by molar-refractivity contribution is -0.144. The molecule has 2 heterocycles. The first-order valence-corrected chi connectivity index (χ1v) is 14.9. The van der Waals surface area contributed by atoms with Crippen LogP contribution in [0.5, 0.6) is 5.75 Å². The van der Waals surface area contributed by atoms with Gasteiger partial charge in [-0.2, -0.15) is 0 Å². The number of benzene rings is 2. The Morgan fingerprint density at radius 2 is 1.67 bits per heavy atom. The predicted octanol–water partition coefficient (Wildman–Crippen LogP) is 5.65. The molecule has 0 saturated carbocycles. The monoisotopic (exact) mass is 587 g/mol. The van der Waals surface area contributed by atoms with Crippen molar-refractivity contribution in [2.75, 3.05) is 7.11 Å². The van der Waals surface area contributed by atoms with Crippen LogP contribution in [-0.4, -0.2) is 45.6 Å². The zero-order valence-corrected chi connectivity index (χ0v) is 26.5. The number of amides is 1. The summed E-state index contributed by atoms with van der Waals surface area (Å²) in [6.45, 7) is 15.4. The Morgan fingerprint density at radius 3 is 2.23 bits per heavy atom. The zero-order chi connectivity index (χ0) is 31.7. The van der Waals surface area contributed by atoms with E-state index in [9.17, 15) is 19.5 Å². The second-order valence-electron chi connectivity index (χ2n) is 13.5. The Hall–Kier alpha value is -3.91. The van der Waals surface area contributed by atoms with Crippen molar-refractivity contribution in [3.05, 3.63) is 99.5 Å². The maximum absolute atomic E-state index is 14.4. The number of carbonyl (C=O) groups is 2. The van der Waals surface area contributed by atoms with Crippen LogP contribution in [0.3, 0.4) is 0 Å². The van der Waals surface area contributed by atoms with E-state index in [4.69, 9.17) is 4.74 Å². The van der Waals surface area contributed by atoms with E-state index in [1.807, 2.05) is 64.1 Å². The number of aromatic nitrogens is 1. The van der Waals surface area contributed by atoms with E-state index in [-0.39, 0.29) is 11.0 Å². The van der Waals surface area contributed by atoms with E-state index >= 15 is 0 Å². The van der Waals surface area contributed by atoms with Crippen molar-refractivity contribution < 1.29 is 19.4 Å². The smallest absolute Gasteiger partial charge is 0.326 e. The number of hydrogen-bond donors (Lipinski definition) is 2. The molecule has 43 heavy (non-hydrogen) atoms. The van der Waals surface area contributed by atoms with Gasteiger partial charge >= 0.3 is 5.97 Å². The highest BCUT2D eigenvalue weighted by atomic mass is 16.5. The van der Waals surface area contributed by atoms with Crippen LogP contribution < -0.4 is 15.5 Å². The number of carboxylic acid groups (broad SMARTS) is 1. The van der Waals surface area contributed by atoms with Gasteiger partial charge in [0.1, 0.15) is 17.4 Å². The number of hydrogen-bond acceptors (Lipinski definition) is 5. The first kappa shape index (κ1) is 32.0. The minimum atomic E-state index is -1.17. The van der Waals surface area contributed by atoms with Crippen LogP contribution in [0.2, 0.25) is 0 Å². The van der Waals surface area contributed by atoms with Crippen molar-refractivity contribution in [1.82, 2.24) is 14.8 Å². The molecule has 0 radical (unpaired) electrons. The molecule has 4 atom stereocenters. The van der Waals surface area contributed by atoms with Crippen LogP contribution >= 0.6 is 0 Å². The summed E-state index contributed by atoms with van der Waals surface area (Å²) in [4.78, 5) is 42.0. The maximum Gasteiger partial charge on any atom is 0.326 e. The molecular weight excluding hydrogens is 542 g/mol. The molecule has 1 aliphatic rings. The van der Waals surface area contributed by atoms with Crippen molar-refractivity contribution in [2.24, 2.45) is 11.3 Å². The van der Waals surface area contributed by atoms with Crippen LogP contribution in [0.25, 0.3) is 0 Å². The van der Waals surface area contributed by atoms with Crippen molar-refractivity contribution in [3.63, 3.8) is 0 Å². The first-order chi connectivity index (χ1) is 20.2. The lowest BCUT2D eigenvalue weighted by Gasteiger charge is -2.35. The molecule has 1 saturated heterocycles. The number of likely N-dealkylation sites (tertiary alicyclic amines) is 1. The molecule has 2 N–H and O–H groups in total. The lowest BCUT2D eigenvalue weighted by atomic mass is 9.72. The standard InChI is InChI=1S/C35H45N3O5/c1-9-37-18-17-26(39)25(21-37)32(40)38-30(22-13-11-10-12-14-22)29(28(35(5,6)7)31(38)33(41)42)36-20-23-19-24(34(2,3)4)15-16-27(23)43-8/h10-19,21,28-31,36H,9,20H2,1-8H3,(H,41,42)/t28-,29-,30-,31-/m0/s1. The summed E-state index contributed by atoms with van der Waals surface area (Å²) in [7, 11) is 1.64. The topological polar surface area (TPSA) is 101 Å². The number of rotatable bonds is 8. The fourth-order valence-corrected chi connectivity index (χ4v) is 6.34. The van der Waals surface area contributed by atoms with Crippen LogP contribution in [0.1, 0.15) is 81.6 Å². The third-order valence-electron chi connectivity index (χ3n) is 8.54. The number of aliphatic carboxylic acids is 1. The summed E-state index contributed by atoms with van der Waals surface area (Å²) in [6, 6.07) is 14.7. The summed E-state index contributed by atoms with van der Waals surface area (Å²) >= 11 is 0. The second-order valence-corrected chi connectivity index (χ2v) is 13.5. The Labute approximate surface area is 254 Å². The number of nitrogens with one attached hydrogen (secondary N) is 1. The number of pyridine rings is 1. The van der Waals surface area contributed by atoms with Crippen molar-refractivity contribution >= 4 is 11.9 Å². The highest BCUT2D eigenvalue weighted by molar-refractivity contribution is 5.97. The summed E-state index contributed by atoms with van der Waals surface area (Å²) in [5, 5.41) is 14.4. The fourth-order valence-electron chi connectivity index (χ4n) is 6.34. The van der Waals surface area contributed by atoms with Crippen molar-refractivity contribution in [2.45, 2.75) is 85.1 Å². The zero-order valence-electron chi connectivity index (χ0n) is 26.5. The molecule has 0 spiro atoms. The number of nitrogens with zero attached hydrogens (tertiary/aromatic N) is 2. The van der Waals surface area contributed by atoms with Gasteiger partial charge in [-0.1, -0.05) is 84.0 Å². The first-order valence-electron chi connectivity index (χ1n) is 14.9. The molecule has 3 aromatic rings. The molecule has 1 aliphatic heterocycles. The lowest BCUT2D eigenvalue weighted by Crippen LogP contribution is -2.48. The molecule has 1 fully saturated rings. The van der Waals surface area contributed by atoms with Crippen LogP contribution in [0.4, 0.5) is 0 Å². The van der Waals surface area contributed by atoms with Gasteiger partial charge in [-0.25, -0.2) is 4.79 Å². The normalized spacial score (nSPS) is 20.7. The van der Waals surface area contributed by atoms with Crippen molar-refractivity contribution in [1.29, 1.82) is 0 Å². The molecule has 1 aromatic heterocycles. The molecule has 2 aromatic carbocycles. The Bertz CT molecular complexity index is 1520. The van der Waals surface area contributed by atoms with Crippen LogP contribution in [0.15, 0.2) is 71.8 Å². The van der Waals surface area contributed by atoms with Gasteiger partial charge in [0.15, 0.2) is 5.43 Å². The molecule has 8 heteroatoms. The number of carboxylic acids is 1. The fraction of sp³-hybridized carbons (Fsp3) is 0.457. The molecule has 0 unspecified atom stereocenters. The average molecular weight is 588 g/mol. The SMILES string of the molecule is CCn1ccc(=O)c(C(=O)N2[C@H](C(=O)O)[C@@H](C(C)(C)C)[C@H](NCc3cc(C(C)(C)C)ccc3OC)[C@@H]2c2ccccc2)c1. The van der Waals surface area contributed by atoms with Crippen LogP contribution in [-0.2, 0) is 23.3 Å². The highest BCUT2D eigenvalue weighted by Gasteiger charge is 2.58. The Kier molecular flexibility index (Phi) is 9.21. The van der Waals surface area contributed by atoms with E-state index in [2.05, 4.69) is 38.2 Å². The Balaban J connectivity index is 1.89. The quantitative estimate of drug-likeness (QED) is 0.354. The minimum Gasteiger partial charge on any atom is -0.496 e. The number of ether oxygens (including phenoxy) is 1. The van der Waals surface area contributed by atoms with Gasteiger partial charge in [-0.05, 0) is 34.9 Å². The Morgan fingerprint density at radius 1 is 1.00 bits per heavy atom. The molecule has 0 bridgehead atoms. The van der Waals surface area contributed by atoms with E-state index in [0.717, 1.165) is 22.4 Å². The maximum atomic E-state index is 14.4. The molecule has 4 rings (SSSR count). The molecule has 230 valence electrons. The third kappa shape index (κ3) is 6.54. The van der Waals surface area contributed by atoms with Gasteiger partial charge < -0.3 is 24.6 Å². The van der Waals surface area contributed by atoms with Gasteiger partial charge in [-0.15, -0.1) is 0 Å². The van der Waals surface area contributed by atoms with Gasteiger partial charge in [-0.3, -0.25) is 9.59 Å². The van der Waals surface area contributed by atoms with E-state index in [1.54, 1.807) is 17.9 Å². The summed E-state index contributed by atoms with van der Waals surface area (Å²) in [5.41, 5.74) is 1.84. The number of methoxy groups -OCH3 is 1. The van der Waals surface area contributed by atoms with Gasteiger partial charge in [0, 0.05) is 49.1 Å². The molecular formula is C35H45N3O5. The number of aryl methyl sites for hydroxylation is 1. The molecule has 0 aliphatic carbocycles. The molecule has 8 nitrogen and oxygen atoms in total. The third-order valence-corrected chi connectivity index (χ3v) is 8.54. The minimum absolute atomic E-state index is 0.0376. The summed E-state index contributed by atoms with van der Waals surface area (Å²) in [5.74, 6) is -1.44. The predicted molar refractivity (Wildman–Crippen MR) is 168 cm³/mol. The van der Waals surface area contributed by atoms with E-state index in [0.29, 0.717) is 13.1 Å². The van der Waals surface area contributed by atoms with Gasteiger partial charge in [0.2, 0.25) is 0 Å². The van der Waals surface area contributed by atoms with E-state index in [1.165, 1.54) is 17.2 Å². The summed E-state index contributed by atoms with van der Waals surface area (Å²) in [6.07, 6.45) is 3.16. The molecule has 1 amide bonds. The number of carbonyl (C=O) groups excluding carboxylic acids is 1. The van der Waals surface area contributed by atoms with Gasteiger partial charge in [0.05, 0.1) is 13.2 Å². The average Bonchev–Trinajstić information content (AvgIpc) is 3.32. The van der Waals surface area contributed by atoms with Gasteiger partial charge in [0.25, 0.3) is 5.91 Å². The van der Waals surface area contributed by atoms with Crippen molar-refractivity contribution in [3.8, 4) is 5.75 Å². The summed E-state index contributed by atoms with van der Waals surface area (Å²) < 4.78 is 7.46. The van der Waals surface area contributed by atoms with E-state index < -0.39 is 46.8 Å². The highest BCUT2D eigenvalue weighted by Crippen LogP contribution is 2.48.